The Bertz CT molecular complexity index is 1380. The van der Waals surface area contributed by atoms with E-state index in [9.17, 15) is 29.4 Å². The molecule has 214 valence electrons. The first-order valence-electron chi connectivity index (χ1n) is 13.2. The minimum absolute atomic E-state index is 0.179. The van der Waals surface area contributed by atoms with Gasteiger partial charge in [-0.25, -0.2) is 9.59 Å². The molecule has 4 N–H and O–H groups in total. The predicted molar refractivity (Wildman–Crippen MR) is 148 cm³/mol. The highest BCUT2D eigenvalue weighted by molar-refractivity contribution is 6.28. The second-order valence-electron chi connectivity index (χ2n) is 9.90. The summed E-state index contributed by atoms with van der Waals surface area (Å²) in [5.41, 5.74) is -0.539. The Morgan fingerprint density at radius 1 is 0.732 bits per heavy atom. The zero-order valence-corrected chi connectivity index (χ0v) is 22.5. The Labute approximate surface area is 237 Å². The molecule has 0 bridgehead atoms. The SMILES string of the molecule is CC(N)[C@@H](OC(C(=O)O)(C(=O)c1ccccc1)C(ON1CCCC1)(C(=O)O)C(=O)c1ccccc1)c1ccccc1. The molecule has 0 radical (unpaired) electrons. The summed E-state index contributed by atoms with van der Waals surface area (Å²) in [6, 6.07) is 21.8. The largest absolute Gasteiger partial charge is 0.479 e. The number of hydrogen-bond acceptors (Lipinski definition) is 8. The third-order valence-electron chi connectivity index (χ3n) is 7.05. The lowest BCUT2D eigenvalue weighted by Crippen LogP contribution is -2.75. The van der Waals surface area contributed by atoms with Crippen molar-refractivity contribution in [3.63, 3.8) is 0 Å². The number of carbonyl (C=O) groups is 4. The first-order valence-corrected chi connectivity index (χ1v) is 13.2. The molecular weight excluding hydrogens is 528 g/mol. The summed E-state index contributed by atoms with van der Waals surface area (Å²) in [6.45, 7) is 1.95. The van der Waals surface area contributed by atoms with Crippen molar-refractivity contribution >= 4 is 23.5 Å². The predicted octanol–water partition coefficient (Wildman–Crippen LogP) is 3.53. The number of nitrogens with zero attached hydrogens (tertiary/aromatic N) is 1. The van der Waals surface area contributed by atoms with E-state index in [4.69, 9.17) is 15.3 Å². The smallest absolute Gasteiger partial charge is 0.350 e. The highest BCUT2D eigenvalue weighted by Gasteiger charge is 2.75. The number of carboxylic acid groups (broad SMARTS) is 2. The van der Waals surface area contributed by atoms with E-state index in [1.807, 2.05) is 0 Å². The summed E-state index contributed by atoms with van der Waals surface area (Å²) in [4.78, 5) is 62.0. The Kier molecular flexibility index (Phi) is 9.09. The molecule has 1 fully saturated rings. The van der Waals surface area contributed by atoms with Crippen LogP contribution in [0.4, 0.5) is 0 Å². The number of ketones is 2. The van der Waals surface area contributed by atoms with Crippen LogP contribution in [0.25, 0.3) is 0 Å². The van der Waals surface area contributed by atoms with E-state index in [0.717, 1.165) is 0 Å². The number of ether oxygens (including phenoxy) is 1. The van der Waals surface area contributed by atoms with Crippen LogP contribution in [0.5, 0.6) is 0 Å². The number of hydrogen-bond donors (Lipinski definition) is 3. The lowest BCUT2D eigenvalue weighted by atomic mass is 9.72. The number of carbonyl (C=O) groups excluding carboxylic acids is 2. The summed E-state index contributed by atoms with van der Waals surface area (Å²) >= 11 is 0. The molecule has 0 saturated carbocycles. The molecule has 1 saturated heterocycles. The van der Waals surface area contributed by atoms with Crippen molar-refractivity contribution < 1.29 is 39.0 Å². The monoisotopic (exact) mass is 560 g/mol. The fourth-order valence-electron chi connectivity index (χ4n) is 5.02. The lowest BCUT2D eigenvalue weighted by Gasteiger charge is -2.45. The molecule has 41 heavy (non-hydrogen) atoms. The second-order valence-corrected chi connectivity index (χ2v) is 9.90. The van der Waals surface area contributed by atoms with Gasteiger partial charge in [0.25, 0.3) is 11.2 Å². The maximum Gasteiger partial charge on any atom is 0.350 e. The van der Waals surface area contributed by atoms with Gasteiger partial charge in [-0.15, -0.1) is 0 Å². The van der Waals surface area contributed by atoms with E-state index in [1.165, 1.54) is 60.5 Å². The number of benzene rings is 3. The standard InChI is InChI=1S/C31H32N2O8/c1-21(32)25(22-13-5-2-6-14-22)40-30(28(36)37,26(34)23-15-7-3-8-16-23)31(29(38)39,41-33-19-11-12-20-33)27(35)24-17-9-4-10-18-24/h2-10,13-18,21,25H,11-12,19-20,32H2,1H3,(H,36,37)(H,38,39)/t21?,25-,30?,31?/m1/s1. The van der Waals surface area contributed by atoms with E-state index in [-0.39, 0.29) is 24.2 Å². The van der Waals surface area contributed by atoms with E-state index < -0.39 is 46.9 Å². The average Bonchev–Trinajstić information content (AvgIpc) is 3.50. The zero-order chi connectivity index (χ0) is 29.6. The van der Waals surface area contributed by atoms with E-state index >= 15 is 0 Å². The van der Waals surface area contributed by atoms with Gasteiger partial charge in [-0.2, -0.15) is 5.06 Å². The second kappa shape index (κ2) is 12.5. The van der Waals surface area contributed by atoms with Gasteiger partial charge in [-0.1, -0.05) is 91.0 Å². The number of hydroxylamine groups is 2. The van der Waals surface area contributed by atoms with Gasteiger partial charge in [0.15, 0.2) is 0 Å². The minimum atomic E-state index is -3.43. The molecule has 10 nitrogen and oxygen atoms in total. The number of carboxylic acids is 2. The van der Waals surface area contributed by atoms with Gasteiger partial charge in [0, 0.05) is 30.3 Å². The Morgan fingerprint density at radius 2 is 1.15 bits per heavy atom. The fourth-order valence-corrected chi connectivity index (χ4v) is 5.02. The molecule has 1 heterocycles. The normalized spacial score (nSPS) is 18.0. The summed E-state index contributed by atoms with van der Waals surface area (Å²) in [7, 11) is 0. The van der Waals surface area contributed by atoms with E-state index in [2.05, 4.69) is 0 Å². The summed E-state index contributed by atoms with van der Waals surface area (Å²) in [5.74, 6) is -6.56. The molecule has 1 aliphatic heterocycles. The molecule has 4 atom stereocenters. The first kappa shape index (κ1) is 29.8. The van der Waals surface area contributed by atoms with Crippen LogP contribution in [-0.4, -0.2) is 69.1 Å². The first-order chi connectivity index (χ1) is 19.6. The molecular formula is C31H32N2O8. The molecule has 3 unspecified atom stereocenters. The fraction of sp³-hybridized carbons (Fsp3) is 0.290. The summed E-state index contributed by atoms with van der Waals surface area (Å²) < 4.78 is 6.22. The molecule has 0 spiro atoms. The van der Waals surface area contributed by atoms with Gasteiger partial charge in [0.2, 0.25) is 11.6 Å². The number of Topliss-reactive ketones (excluding diaryl/α,β-unsaturated/α-hetero) is 2. The van der Waals surface area contributed by atoms with Crippen molar-refractivity contribution in [1.82, 2.24) is 5.06 Å². The molecule has 0 aromatic heterocycles. The topological polar surface area (TPSA) is 156 Å². The number of rotatable bonds is 13. The third-order valence-corrected chi connectivity index (χ3v) is 7.05. The maximum atomic E-state index is 14.5. The molecule has 1 aliphatic rings. The minimum Gasteiger partial charge on any atom is -0.479 e. The Balaban J connectivity index is 2.08. The summed E-state index contributed by atoms with van der Waals surface area (Å²) in [6.07, 6.45) is -0.116. The van der Waals surface area contributed by atoms with Crippen LogP contribution < -0.4 is 5.73 Å². The maximum absolute atomic E-state index is 14.5. The van der Waals surface area contributed by atoms with Gasteiger partial charge in [-0.3, -0.25) is 14.4 Å². The highest BCUT2D eigenvalue weighted by Crippen LogP contribution is 2.43. The zero-order valence-electron chi connectivity index (χ0n) is 22.5. The highest BCUT2D eigenvalue weighted by atomic mass is 16.7. The van der Waals surface area contributed by atoms with Crippen molar-refractivity contribution in [2.75, 3.05) is 13.1 Å². The van der Waals surface area contributed by atoms with Crippen LogP contribution in [-0.2, 0) is 19.2 Å². The van der Waals surface area contributed by atoms with Gasteiger partial charge < -0.3 is 20.7 Å². The van der Waals surface area contributed by atoms with Crippen molar-refractivity contribution in [3.8, 4) is 0 Å². The van der Waals surface area contributed by atoms with Gasteiger partial charge in [0.05, 0.1) is 6.10 Å². The third kappa shape index (κ3) is 5.55. The van der Waals surface area contributed by atoms with Gasteiger partial charge in [-0.05, 0) is 25.3 Å². The van der Waals surface area contributed by atoms with Crippen LogP contribution in [0.15, 0.2) is 91.0 Å². The van der Waals surface area contributed by atoms with E-state index in [0.29, 0.717) is 18.4 Å². The quantitative estimate of drug-likeness (QED) is 0.209. The average molecular weight is 561 g/mol. The van der Waals surface area contributed by atoms with Crippen molar-refractivity contribution in [3.05, 3.63) is 108 Å². The number of aliphatic carboxylic acids is 2. The number of nitrogens with two attached hydrogens (primary N) is 1. The van der Waals surface area contributed by atoms with Crippen LogP contribution in [0.3, 0.4) is 0 Å². The molecule has 10 heteroatoms. The molecule has 0 amide bonds. The van der Waals surface area contributed by atoms with Crippen LogP contribution in [0, 0.1) is 0 Å². The molecule has 3 aromatic carbocycles. The van der Waals surface area contributed by atoms with Crippen molar-refractivity contribution in [1.29, 1.82) is 0 Å². The molecule has 3 aromatic rings. The molecule has 4 rings (SSSR count). The Morgan fingerprint density at radius 3 is 1.56 bits per heavy atom. The van der Waals surface area contributed by atoms with Gasteiger partial charge in [0.1, 0.15) is 0 Å². The van der Waals surface area contributed by atoms with Crippen LogP contribution in [0.2, 0.25) is 0 Å². The lowest BCUT2D eigenvalue weighted by molar-refractivity contribution is -0.275. The van der Waals surface area contributed by atoms with Crippen molar-refractivity contribution in [2.45, 2.75) is 43.1 Å². The van der Waals surface area contributed by atoms with Gasteiger partial charge >= 0.3 is 11.9 Å². The molecule has 0 aliphatic carbocycles. The van der Waals surface area contributed by atoms with Crippen LogP contribution >= 0.6 is 0 Å². The van der Waals surface area contributed by atoms with Crippen molar-refractivity contribution in [2.24, 2.45) is 5.73 Å². The van der Waals surface area contributed by atoms with E-state index in [1.54, 1.807) is 42.5 Å². The summed E-state index contributed by atoms with van der Waals surface area (Å²) in [5, 5.41) is 23.1. The van der Waals surface area contributed by atoms with Crippen LogP contribution in [0.1, 0.15) is 52.1 Å². The Hall–Kier alpha value is -4.22.